The van der Waals surface area contributed by atoms with Gasteiger partial charge in [0.25, 0.3) is 0 Å². The summed E-state index contributed by atoms with van der Waals surface area (Å²) in [4.78, 5) is 0. The molecule has 0 amide bonds. The second-order valence-corrected chi connectivity index (χ2v) is 9.39. The highest BCUT2D eigenvalue weighted by Crippen LogP contribution is 2.27. The van der Waals surface area contributed by atoms with Crippen LogP contribution in [0.2, 0.25) is 0 Å². The Balaban J connectivity index is 2.04. The summed E-state index contributed by atoms with van der Waals surface area (Å²) in [6, 6.07) is -0.247. The van der Waals surface area contributed by atoms with Gasteiger partial charge in [-0.3, -0.25) is 0 Å². The minimum absolute atomic E-state index is 0.0316. The summed E-state index contributed by atoms with van der Waals surface area (Å²) in [6.07, 6.45) is 2.59. The van der Waals surface area contributed by atoms with E-state index < -0.39 is 25.1 Å². The van der Waals surface area contributed by atoms with Crippen LogP contribution in [-0.4, -0.2) is 51.3 Å². The fourth-order valence-corrected chi connectivity index (χ4v) is 7.11. The molecule has 0 bridgehead atoms. The molecule has 2 N–H and O–H groups in total. The van der Waals surface area contributed by atoms with E-state index in [1.165, 1.54) is 0 Å². The summed E-state index contributed by atoms with van der Waals surface area (Å²) in [7, 11) is -6.80. The van der Waals surface area contributed by atoms with Crippen LogP contribution in [0.1, 0.15) is 25.7 Å². The molecular formula is C10H19NO5S2. The zero-order valence-corrected chi connectivity index (χ0v) is 11.7. The van der Waals surface area contributed by atoms with E-state index in [0.29, 0.717) is 6.42 Å². The van der Waals surface area contributed by atoms with Gasteiger partial charge >= 0.3 is 0 Å². The second kappa shape index (κ2) is 5.07. The number of hydrogen-bond acceptors (Lipinski definition) is 5. The third kappa shape index (κ3) is 3.04. The maximum absolute atomic E-state index is 12.1. The van der Waals surface area contributed by atoms with Gasteiger partial charge in [-0.1, -0.05) is 6.42 Å². The summed E-state index contributed by atoms with van der Waals surface area (Å²) >= 11 is 0. The van der Waals surface area contributed by atoms with Crippen molar-refractivity contribution >= 4 is 19.9 Å². The van der Waals surface area contributed by atoms with E-state index in [-0.39, 0.29) is 36.5 Å². The Morgan fingerprint density at radius 3 is 2.50 bits per heavy atom. The number of nitrogens with one attached hydrogen (secondary N) is 1. The van der Waals surface area contributed by atoms with E-state index in [1.54, 1.807) is 0 Å². The molecule has 106 valence electrons. The summed E-state index contributed by atoms with van der Waals surface area (Å²) in [6.45, 7) is -0.0316. The Bertz CT molecular complexity index is 498. The zero-order valence-electron chi connectivity index (χ0n) is 10.1. The Morgan fingerprint density at radius 2 is 1.94 bits per heavy atom. The number of sulfonamides is 1. The standard InChI is InChI=1S/C10H19NO5S2/c12-6-8-2-1-3-10(8)11-18(15,16)9-4-5-17(13,14)7-9/h8-12H,1-7H2. The quantitative estimate of drug-likeness (QED) is 0.711. The first-order valence-corrected chi connectivity index (χ1v) is 9.53. The maximum Gasteiger partial charge on any atom is 0.215 e. The van der Waals surface area contributed by atoms with Gasteiger partial charge in [-0.05, 0) is 25.2 Å². The molecule has 1 aliphatic heterocycles. The van der Waals surface area contributed by atoms with E-state index >= 15 is 0 Å². The molecule has 3 unspecified atom stereocenters. The number of aliphatic hydroxyl groups is 1. The highest BCUT2D eigenvalue weighted by atomic mass is 32.2. The molecule has 0 spiro atoms. The lowest BCUT2D eigenvalue weighted by Crippen LogP contribution is -2.43. The Hall–Kier alpha value is -0.180. The van der Waals surface area contributed by atoms with Crippen molar-refractivity contribution in [2.75, 3.05) is 18.1 Å². The van der Waals surface area contributed by atoms with Gasteiger partial charge in [0.15, 0.2) is 9.84 Å². The van der Waals surface area contributed by atoms with Crippen LogP contribution >= 0.6 is 0 Å². The largest absolute Gasteiger partial charge is 0.396 e. The van der Waals surface area contributed by atoms with Gasteiger partial charge in [-0.15, -0.1) is 0 Å². The van der Waals surface area contributed by atoms with Crippen LogP contribution in [0.15, 0.2) is 0 Å². The van der Waals surface area contributed by atoms with Gasteiger partial charge in [0, 0.05) is 12.6 Å². The van der Waals surface area contributed by atoms with Crippen LogP contribution in [0.25, 0.3) is 0 Å². The first kappa shape index (κ1) is 14.2. The van der Waals surface area contributed by atoms with E-state index in [1.807, 2.05) is 0 Å². The smallest absolute Gasteiger partial charge is 0.215 e. The van der Waals surface area contributed by atoms with E-state index in [9.17, 15) is 16.8 Å². The van der Waals surface area contributed by atoms with Crippen molar-refractivity contribution in [1.29, 1.82) is 0 Å². The van der Waals surface area contributed by atoms with Gasteiger partial charge in [-0.25, -0.2) is 21.6 Å². The summed E-state index contributed by atoms with van der Waals surface area (Å²) in [5.41, 5.74) is 0. The first-order valence-electron chi connectivity index (χ1n) is 6.16. The van der Waals surface area contributed by atoms with Gasteiger partial charge in [0.1, 0.15) is 0 Å². The van der Waals surface area contributed by atoms with Gasteiger partial charge in [0.2, 0.25) is 10.0 Å². The number of aliphatic hydroxyl groups excluding tert-OH is 1. The maximum atomic E-state index is 12.1. The molecule has 1 aliphatic carbocycles. The van der Waals surface area contributed by atoms with Gasteiger partial charge < -0.3 is 5.11 Å². The summed E-state index contributed by atoms with van der Waals surface area (Å²) in [5.74, 6) is -0.372. The molecule has 0 aromatic carbocycles. The SMILES string of the molecule is O=S1(=O)CCC(S(=O)(=O)NC2CCCC2CO)C1. The highest BCUT2D eigenvalue weighted by molar-refractivity contribution is 7.95. The number of sulfone groups is 1. The van der Waals surface area contributed by atoms with Crippen LogP contribution in [0.3, 0.4) is 0 Å². The molecule has 1 saturated carbocycles. The lowest BCUT2D eigenvalue weighted by molar-refractivity contribution is 0.213. The van der Waals surface area contributed by atoms with Crippen molar-refractivity contribution in [3.63, 3.8) is 0 Å². The molecule has 2 fully saturated rings. The monoisotopic (exact) mass is 297 g/mol. The average molecular weight is 297 g/mol. The molecule has 1 saturated heterocycles. The van der Waals surface area contributed by atoms with E-state index in [2.05, 4.69) is 4.72 Å². The van der Waals surface area contributed by atoms with Crippen LogP contribution < -0.4 is 4.72 Å². The molecular weight excluding hydrogens is 278 g/mol. The highest BCUT2D eigenvalue weighted by Gasteiger charge is 2.39. The summed E-state index contributed by atoms with van der Waals surface area (Å²) in [5, 5.41) is 8.32. The molecule has 0 aromatic heterocycles. The number of rotatable bonds is 4. The minimum Gasteiger partial charge on any atom is -0.396 e. The van der Waals surface area contributed by atoms with Crippen molar-refractivity contribution in [2.24, 2.45) is 5.92 Å². The molecule has 0 aromatic rings. The molecule has 0 radical (unpaired) electrons. The Kier molecular flexibility index (Phi) is 4.01. The minimum atomic E-state index is -3.60. The van der Waals surface area contributed by atoms with E-state index in [0.717, 1.165) is 12.8 Å². The predicted molar refractivity (Wildman–Crippen MR) is 67.3 cm³/mol. The van der Waals surface area contributed by atoms with Crippen LogP contribution in [0.4, 0.5) is 0 Å². The third-order valence-corrected chi connectivity index (χ3v) is 7.73. The van der Waals surface area contributed by atoms with Crippen molar-refractivity contribution in [1.82, 2.24) is 4.72 Å². The van der Waals surface area contributed by atoms with Crippen LogP contribution in [0, 0.1) is 5.92 Å². The number of hydrogen-bond donors (Lipinski definition) is 2. The molecule has 1 heterocycles. The van der Waals surface area contributed by atoms with Crippen molar-refractivity contribution in [3.8, 4) is 0 Å². The molecule has 2 rings (SSSR count). The molecule has 3 atom stereocenters. The van der Waals surface area contributed by atoms with Crippen LogP contribution in [-0.2, 0) is 19.9 Å². The Morgan fingerprint density at radius 1 is 1.22 bits per heavy atom. The molecule has 8 heteroatoms. The lowest BCUT2D eigenvalue weighted by Gasteiger charge is -2.21. The van der Waals surface area contributed by atoms with Crippen LogP contribution in [0.5, 0.6) is 0 Å². The van der Waals surface area contributed by atoms with Crippen molar-refractivity contribution in [3.05, 3.63) is 0 Å². The second-order valence-electron chi connectivity index (χ2n) is 5.17. The van der Waals surface area contributed by atoms with Crippen molar-refractivity contribution in [2.45, 2.75) is 37.0 Å². The first-order chi connectivity index (χ1) is 8.34. The van der Waals surface area contributed by atoms with Crippen molar-refractivity contribution < 1.29 is 21.9 Å². The molecule has 2 aliphatic rings. The normalized spacial score (nSPS) is 35.9. The fourth-order valence-electron chi connectivity index (χ4n) is 2.72. The van der Waals surface area contributed by atoms with Gasteiger partial charge in [-0.2, -0.15) is 0 Å². The third-order valence-electron chi connectivity index (χ3n) is 3.84. The fraction of sp³-hybridized carbons (Fsp3) is 1.00. The lowest BCUT2D eigenvalue weighted by atomic mass is 10.1. The van der Waals surface area contributed by atoms with E-state index in [4.69, 9.17) is 5.11 Å². The predicted octanol–water partition coefficient (Wildman–Crippen LogP) is -0.746. The summed E-state index contributed by atoms with van der Waals surface area (Å²) < 4.78 is 49.4. The molecule has 18 heavy (non-hydrogen) atoms. The topological polar surface area (TPSA) is 101 Å². The average Bonchev–Trinajstić information content (AvgIpc) is 2.84. The van der Waals surface area contributed by atoms with Gasteiger partial charge in [0.05, 0.1) is 16.8 Å². The zero-order chi connectivity index (χ0) is 13.4. The molecule has 6 nitrogen and oxygen atoms in total. The Labute approximate surface area is 108 Å².